The van der Waals surface area contributed by atoms with E-state index in [1.165, 1.54) is 18.3 Å². The zero-order valence-electron chi connectivity index (χ0n) is 32.2. The van der Waals surface area contributed by atoms with Crippen molar-refractivity contribution in [1.82, 2.24) is 29.5 Å². The van der Waals surface area contributed by atoms with E-state index in [2.05, 4.69) is 31.0 Å². The summed E-state index contributed by atoms with van der Waals surface area (Å²) in [7, 11) is 0. The number of ether oxygens (including phenoxy) is 3. The molecule has 0 aliphatic rings. The Morgan fingerprint density at radius 2 is 1.74 bits per heavy atom. The van der Waals surface area contributed by atoms with Crippen molar-refractivity contribution < 1.29 is 37.8 Å². The van der Waals surface area contributed by atoms with Gasteiger partial charge in [0.15, 0.2) is 17.9 Å². The van der Waals surface area contributed by atoms with Crippen LogP contribution in [0.4, 0.5) is 20.6 Å². The Morgan fingerprint density at radius 3 is 2.52 bits per heavy atom. The fourth-order valence-corrected chi connectivity index (χ4v) is 6.36. The number of aromatic amines is 1. The van der Waals surface area contributed by atoms with Crippen LogP contribution in [0, 0.1) is 5.82 Å². The third-order valence-corrected chi connectivity index (χ3v) is 8.92. The fraction of sp³-hybridized carbons (Fsp3) is 0.238. The average molecular weight is 789 g/mol. The van der Waals surface area contributed by atoms with Crippen molar-refractivity contribution in [3.63, 3.8) is 0 Å². The van der Waals surface area contributed by atoms with E-state index in [1.54, 1.807) is 91.6 Å². The minimum Gasteiger partial charge on any atom is -0.466 e. The summed E-state index contributed by atoms with van der Waals surface area (Å²) in [6.45, 7) is 6.87. The van der Waals surface area contributed by atoms with E-state index in [4.69, 9.17) is 14.2 Å². The predicted molar refractivity (Wildman–Crippen MR) is 214 cm³/mol. The number of alkyl carbamates (subject to hydrolysis) is 1. The van der Waals surface area contributed by atoms with Gasteiger partial charge in [-0.2, -0.15) is 0 Å². The van der Waals surface area contributed by atoms with Gasteiger partial charge in [-0.3, -0.25) is 14.3 Å². The molecule has 0 spiro atoms. The number of anilines is 2. The van der Waals surface area contributed by atoms with E-state index in [1.807, 2.05) is 24.3 Å². The van der Waals surface area contributed by atoms with Crippen molar-refractivity contribution in [1.29, 1.82) is 0 Å². The maximum atomic E-state index is 14.0. The van der Waals surface area contributed by atoms with Crippen molar-refractivity contribution in [2.75, 3.05) is 23.8 Å². The number of carbonyl (C=O) groups excluding carboxylic acids is 4. The number of amides is 3. The number of carbonyl (C=O) groups is 4. The Balaban J connectivity index is 1.14. The monoisotopic (exact) mass is 788 g/mol. The molecule has 15 nitrogen and oxygen atoms in total. The quantitative estimate of drug-likeness (QED) is 0.0933. The van der Waals surface area contributed by atoms with Crippen LogP contribution in [-0.4, -0.2) is 72.9 Å². The molecule has 16 heteroatoms. The van der Waals surface area contributed by atoms with Gasteiger partial charge in [0.2, 0.25) is 11.8 Å². The van der Waals surface area contributed by atoms with Gasteiger partial charge < -0.3 is 39.5 Å². The smallest absolute Gasteiger partial charge is 0.408 e. The number of esters is 1. The Labute approximate surface area is 331 Å². The van der Waals surface area contributed by atoms with E-state index in [0.29, 0.717) is 27.9 Å². The fourth-order valence-electron chi connectivity index (χ4n) is 6.36. The standard InChI is InChI=1S/C42H41FN8O7/c1-5-56-40(54)34-23-50-18-8-11-32(37(50)47-34)46-36(52)24-57-39-30-20-28(16-17-35(30)51(49-39)22-25-12-14-27(43)15-13-25)45-38(53)33(48-41(55)58-42(2,3)4)19-26-21-44-31-10-7-6-9-29(26)31/h6-18,20-21,23,33,44H,5,19,22,24H2,1-4H3,(H,45,53)(H,46,52)(H,48,55). The molecule has 58 heavy (non-hydrogen) atoms. The Kier molecular flexibility index (Phi) is 11.1. The molecule has 0 bridgehead atoms. The third-order valence-electron chi connectivity index (χ3n) is 8.92. The molecule has 3 amide bonds. The number of benzene rings is 3. The van der Waals surface area contributed by atoms with Crippen LogP contribution in [0.5, 0.6) is 5.88 Å². The summed E-state index contributed by atoms with van der Waals surface area (Å²) in [6.07, 6.45) is 4.41. The molecule has 1 unspecified atom stereocenters. The van der Waals surface area contributed by atoms with E-state index in [-0.39, 0.29) is 37.0 Å². The van der Waals surface area contributed by atoms with Gasteiger partial charge in [0.25, 0.3) is 5.91 Å². The number of H-pyrrole nitrogens is 1. The number of hydrogen-bond acceptors (Lipinski definition) is 9. The maximum Gasteiger partial charge on any atom is 0.408 e. The molecule has 0 saturated carbocycles. The minimum absolute atomic E-state index is 0.0887. The molecular weight excluding hydrogens is 748 g/mol. The molecule has 4 heterocycles. The van der Waals surface area contributed by atoms with Gasteiger partial charge in [-0.25, -0.2) is 19.0 Å². The van der Waals surface area contributed by atoms with Crippen molar-refractivity contribution >= 4 is 62.7 Å². The molecule has 0 saturated heterocycles. The molecule has 0 fully saturated rings. The summed E-state index contributed by atoms with van der Waals surface area (Å²) < 4.78 is 33.5. The molecule has 3 aromatic carbocycles. The second kappa shape index (κ2) is 16.5. The van der Waals surface area contributed by atoms with Gasteiger partial charge in [0, 0.05) is 41.6 Å². The second-order valence-corrected chi connectivity index (χ2v) is 14.4. The van der Waals surface area contributed by atoms with Crippen LogP contribution in [0.25, 0.3) is 27.5 Å². The maximum absolute atomic E-state index is 14.0. The number of para-hydroxylation sites is 1. The third kappa shape index (κ3) is 9.07. The molecule has 7 aromatic rings. The Bertz CT molecular complexity index is 2640. The predicted octanol–water partition coefficient (Wildman–Crippen LogP) is 6.62. The van der Waals surface area contributed by atoms with E-state index in [0.717, 1.165) is 22.0 Å². The molecule has 4 aromatic heterocycles. The summed E-state index contributed by atoms with van der Waals surface area (Å²) in [6, 6.07) is 21.0. The van der Waals surface area contributed by atoms with Gasteiger partial charge in [-0.05, 0) is 87.4 Å². The van der Waals surface area contributed by atoms with Crippen LogP contribution in [0.2, 0.25) is 0 Å². The highest BCUT2D eigenvalue weighted by Gasteiger charge is 2.27. The summed E-state index contributed by atoms with van der Waals surface area (Å²) in [4.78, 5) is 60.0. The molecule has 298 valence electrons. The van der Waals surface area contributed by atoms with E-state index >= 15 is 0 Å². The highest BCUT2D eigenvalue weighted by Crippen LogP contribution is 2.30. The minimum atomic E-state index is -1.03. The lowest BCUT2D eigenvalue weighted by atomic mass is 10.0. The molecule has 7 rings (SSSR count). The van der Waals surface area contributed by atoms with Crippen molar-refractivity contribution in [2.24, 2.45) is 0 Å². The first-order valence-electron chi connectivity index (χ1n) is 18.5. The van der Waals surface area contributed by atoms with Crippen molar-refractivity contribution in [3.05, 3.63) is 120 Å². The molecule has 1 atom stereocenters. The lowest BCUT2D eigenvalue weighted by Gasteiger charge is -2.23. The number of hydrogen-bond donors (Lipinski definition) is 4. The van der Waals surface area contributed by atoms with Crippen molar-refractivity contribution in [3.8, 4) is 5.88 Å². The summed E-state index contributed by atoms with van der Waals surface area (Å²) in [5.74, 6) is -1.91. The molecule has 0 aliphatic carbocycles. The van der Waals surface area contributed by atoms with Crippen LogP contribution in [0.3, 0.4) is 0 Å². The number of rotatable bonds is 13. The first kappa shape index (κ1) is 39.0. The highest BCUT2D eigenvalue weighted by molar-refractivity contribution is 6.00. The molecule has 0 radical (unpaired) electrons. The number of pyridine rings is 1. The van der Waals surface area contributed by atoms with E-state index < -0.39 is 42.1 Å². The van der Waals surface area contributed by atoms with E-state index in [9.17, 15) is 23.6 Å². The number of nitrogens with one attached hydrogen (secondary N) is 4. The zero-order valence-corrected chi connectivity index (χ0v) is 32.2. The lowest BCUT2D eigenvalue weighted by Crippen LogP contribution is -2.47. The summed E-state index contributed by atoms with van der Waals surface area (Å²) in [5.41, 5.74) is 3.41. The van der Waals surface area contributed by atoms with Gasteiger partial charge >= 0.3 is 12.1 Å². The average Bonchev–Trinajstić information content (AvgIpc) is 3.90. The van der Waals surface area contributed by atoms with Crippen LogP contribution in [-0.2, 0) is 32.0 Å². The number of nitrogens with zero attached hydrogens (tertiary/aromatic N) is 4. The van der Waals surface area contributed by atoms with Gasteiger partial charge in [-0.1, -0.05) is 30.3 Å². The second-order valence-electron chi connectivity index (χ2n) is 14.4. The normalized spacial score (nSPS) is 12.0. The molecule has 0 aliphatic heterocycles. The number of halogens is 1. The van der Waals surface area contributed by atoms with Crippen LogP contribution < -0.4 is 20.7 Å². The van der Waals surface area contributed by atoms with Crippen LogP contribution in [0.1, 0.15) is 49.3 Å². The highest BCUT2D eigenvalue weighted by atomic mass is 19.1. The first-order valence-corrected chi connectivity index (χ1v) is 18.5. The first-order chi connectivity index (χ1) is 27.8. The molecule has 4 N–H and O–H groups in total. The van der Waals surface area contributed by atoms with Crippen LogP contribution >= 0.6 is 0 Å². The van der Waals surface area contributed by atoms with Gasteiger partial charge in [0.1, 0.15) is 17.5 Å². The van der Waals surface area contributed by atoms with Gasteiger partial charge in [-0.15, -0.1) is 5.10 Å². The number of fused-ring (bicyclic) bond motifs is 3. The largest absolute Gasteiger partial charge is 0.466 e. The topological polar surface area (TPSA) is 183 Å². The summed E-state index contributed by atoms with van der Waals surface area (Å²) in [5, 5.41) is 14.4. The van der Waals surface area contributed by atoms with Crippen LogP contribution in [0.15, 0.2) is 97.5 Å². The molecular formula is C42H41FN8O7. The van der Waals surface area contributed by atoms with Gasteiger partial charge in [0.05, 0.1) is 29.7 Å². The zero-order chi connectivity index (χ0) is 41.0. The lowest BCUT2D eigenvalue weighted by molar-refractivity contribution is -0.118. The Hall–Kier alpha value is -7.23. The summed E-state index contributed by atoms with van der Waals surface area (Å²) >= 11 is 0. The number of imidazole rings is 1. The SMILES string of the molecule is CCOC(=O)c1cn2cccc(NC(=O)COc3nn(Cc4ccc(F)cc4)c4ccc(NC(=O)C(Cc5c[nH]c6ccccc56)NC(=O)OC(C)(C)C)cc34)c2n1. The van der Waals surface area contributed by atoms with Crippen molar-refractivity contribution in [2.45, 2.75) is 52.3 Å². The Morgan fingerprint density at radius 1 is 0.948 bits per heavy atom. The number of aromatic nitrogens is 5.